The number of hydrogen-bond donors (Lipinski definition) is 2. The molecule has 3 aromatic rings. The first-order chi connectivity index (χ1) is 11.7. The van der Waals surface area contributed by atoms with E-state index in [1.54, 1.807) is 6.20 Å². The number of nitrogens with one attached hydrogen (secondary N) is 1. The van der Waals surface area contributed by atoms with Crippen molar-refractivity contribution in [1.82, 2.24) is 25.0 Å². The summed E-state index contributed by atoms with van der Waals surface area (Å²) in [5.41, 5.74) is 10.1. The normalized spacial score (nSPS) is 11.3. The second-order valence-corrected chi connectivity index (χ2v) is 5.96. The van der Waals surface area contributed by atoms with E-state index in [9.17, 15) is 0 Å². The number of nitrogens with zero attached hydrogens (tertiary/aromatic N) is 4. The van der Waals surface area contributed by atoms with Crippen LogP contribution in [0.3, 0.4) is 0 Å². The molecule has 0 unspecified atom stereocenters. The number of halogens is 1. The van der Waals surface area contributed by atoms with Gasteiger partial charge in [-0.25, -0.2) is 9.67 Å². The van der Waals surface area contributed by atoms with Crippen LogP contribution in [0.5, 0.6) is 0 Å². The number of nitrogens with two attached hydrogens (primary N) is 1. The lowest BCUT2D eigenvalue weighted by Gasteiger charge is -2.01. The summed E-state index contributed by atoms with van der Waals surface area (Å²) in [6.45, 7) is 2.86. The Balaban J connectivity index is 0.00000225. The summed E-state index contributed by atoms with van der Waals surface area (Å²) in [4.78, 5) is 7.03. The van der Waals surface area contributed by atoms with Gasteiger partial charge in [0.2, 0.25) is 0 Å². The standard InChI is InChI=1S/C18H22N6.ClH/c1-14(10-15-6-3-2-4-7-15)12-24-13-17(22-23-24)9-5-8-16-11-20-18(19)21-16;/h2-4,6-7,10-11,13H,5,8-9,12H2,1H3,(H3,19,20,21);1H. The first-order valence-corrected chi connectivity index (χ1v) is 8.09. The van der Waals surface area contributed by atoms with Gasteiger partial charge in [-0.3, -0.25) is 0 Å². The van der Waals surface area contributed by atoms with Gasteiger partial charge < -0.3 is 10.7 Å². The van der Waals surface area contributed by atoms with Gasteiger partial charge in [0.1, 0.15) is 0 Å². The Bertz CT molecular complexity index is 806. The Morgan fingerprint density at radius 3 is 2.76 bits per heavy atom. The highest BCUT2D eigenvalue weighted by molar-refractivity contribution is 5.85. The lowest BCUT2D eigenvalue weighted by Crippen LogP contribution is -1.99. The first kappa shape index (κ1) is 18.7. The summed E-state index contributed by atoms with van der Waals surface area (Å²) in [5.74, 6) is 0.469. The molecule has 3 rings (SSSR count). The monoisotopic (exact) mass is 358 g/mol. The van der Waals surface area contributed by atoms with Crippen LogP contribution in [-0.4, -0.2) is 25.0 Å². The SMILES string of the molecule is CC(=Cc1ccccc1)Cn1cc(CCCc2cnc(N)[nH]2)nn1.Cl. The van der Waals surface area contributed by atoms with Crippen LogP contribution in [0.25, 0.3) is 6.08 Å². The number of hydrogen-bond acceptors (Lipinski definition) is 4. The predicted octanol–water partition coefficient (Wildman–Crippen LogP) is 3.28. The summed E-state index contributed by atoms with van der Waals surface area (Å²) < 4.78 is 1.89. The van der Waals surface area contributed by atoms with E-state index >= 15 is 0 Å². The van der Waals surface area contributed by atoms with Crippen molar-refractivity contribution >= 4 is 24.4 Å². The average Bonchev–Trinajstić information content (AvgIpc) is 3.17. The molecule has 0 aliphatic heterocycles. The number of allylic oxidation sites excluding steroid dienone is 1. The van der Waals surface area contributed by atoms with E-state index in [4.69, 9.17) is 5.73 Å². The Kier molecular flexibility index (Phi) is 6.77. The highest BCUT2D eigenvalue weighted by Crippen LogP contribution is 2.09. The first-order valence-electron chi connectivity index (χ1n) is 8.09. The van der Waals surface area contributed by atoms with Gasteiger partial charge >= 0.3 is 0 Å². The fourth-order valence-electron chi connectivity index (χ4n) is 2.63. The number of anilines is 1. The number of imidazole rings is 1. The molecular weight excluding hydrogens is 336 g/mol. The maximum absolute atomic E-state index is 5.57. The van der Waals surface area contributed by atoms with Crippen molar-refractivity contribution in [3.05, 3.63) is 65.2 Å². The molecule has 25 heavy (non-hydrogen) atoms. The molecule has 0 aliphatic carbocycles. The zero-order valence-corrected chi connectivity index (χ0v) is 15.0. The zero-order chi connectivity index (χ0) is 16.8. The molecule has 0 spiro atoms. The quantitative estimate of drug-likeness (QED) is 0.678. The van der Waals surface area contributed by atoms with Crippen molar-refractivity contribution in [2.45, 2.75) is 32.7 Å². The summed E-state index contributed by atoms with van der Waals surface area (Å²) in [6, 6.07) is 10.3. The fraction of sp³-hybridized carbons (Fsp3) is 0.278. The topological polar surface area (TPSA) is 85.4 Å². The van der Waals surface area contributed by atoms with Crippen LogP contribution in [0, 0.1) is 0 Å². The molecule has 0 saturated heterocycles. The third-order valence-corrected chi connectivity index (χ3v) is 3.74. The average molecular weight is 359 g/mol. The van der Waals surface area contributed by atoms with Gasteiger partial charge in [0.25, 0.3) is 0 Å². The Morgan fingerprint density at radius 2 is 2.04 bits per heavy atom. The molecule has 0 radical (unpaired) electrons. The van der Waals surface area contributed by atoms with Crippen LogP contribution < -0.4 is 5.73 Å². The molecule has 132 valence electrons. The minimum absolute atomic E-state index is 0. The van der Waals surface area contributed by atoms with Crippen molar-refractivity contribution in [2.75, 3.05) is 5.73 Å². The summed E-state index contributed by atoms with van der Waals surface area (Å²) >= 11 is 0. The maximum Gasteiger partial charge on any atom is 0.197 e. The number of nitrogen functional groups attached to an aromatic ring is 1. The Morgan fingerprint density at radius 1 is 1.24 bits per heavy atom. The van der Waals surface area contributed by atoms with Gasteiger partial charge in [-0.1, -0.05) is 47.2 Å². The third-order valence-electron chi connectivity index (χ3n) is 3.74. The van der Waals surface area contributed by atoms with Crippen molar-refractivity contribution in [3.8, 4) is 0 Å². The van der Waals surface area contributed by atoms with Crippen LogP contribution in [0.15, 0.2) is 48.3 Å². The van der Waals surface area contributed by atoms with Gasteiger partial charge in [-0.15, -0.1) is 17.5 Å². The van der Waals surface area contributed by atoms with Crippen molar-refractivity contribution in [1.29, 1.82) is 0 Å². The number of rotatable bonds is 7. The minimum atomic E-state index is 0. The highest BCUT2D eigenvalue weighted by Gasteiger charge is 2.03. The van der Waals surface area contributed by atoms with Crippen molar-refractivity contribution < 1.29 is 0 Å². The lowest BCUT2D eigenvalue weighted by atomic mass is 10.1. The van der Waals surface area contributed by atoms with E-state index < -0.39 is 0 Å². The molecule has 7 heteroatoms. The number of aromatic amines is 1. The van der Waals surface area contributed by atoms with Gasteiger partial charge in [-0.05, 0) is 31.7 Å². The smallest absolute Gasteiger partial charge is 0.197 e. The number of aryl methyl sites for hydroxylation is 2. The molecule has 0 amide bonds. The molecule has 1 aromatic carbocycles. The molecule has 0 bridgehead atoms. The lowest BCUT2D eigenvalue weighted by molar-refractivity contribution is 0.643. The van der Waals surface area contributed by atoms with Gasteiger partial charge in [0, 0.05) is 11.9 Å². The molecule has 3 N–H and O–H groups in total. The van der Waals surface area contributed by atoms with Crippen LogP contribution in [0.1, 0.15) is 30.3 Å². The second kappa shape index (κ2) is 9.03. The van der Waals surface area contributed by atoms with Gasteiger partial charge in [0.05, 0.1) is 18.4 Å². The molecule has 0 atom stereocenters. The molecule has 2 aromatic heterocycles. The van der Waals surface area contributed by atoms with Crippen molar-refractivity contribution in [2.24, 2.45) is 0 Å². The highest BCUT2D eigenvalue weighted by atomic mass is 35.5. The summed E-state index contributed by atoms with van der Waals surface area (Å²) in [6.07, 6.45) is 8.75. The number of benzene rings is 1. The molecule has 0 saturated carbocycles. The minimum Gasteiger partial charge on any atom is -0.369 e. The van der Waals surface area contributed by atoms with Crippen LogP contribution in [0.2, 0.25) is 0 Å². The molecule has 6 nitrogen and oxygen atoms in total. The Labute approximate surface area is 153 Å². The Hall–Kier alpha value is -2.60. The second-order valence-electron chi connectivity index (χ2n) is 5.96. The predicted molar refractivity (Wildman–Crippen MR) is 102 cm³/mol. The van der Waals surface area contributed by atoms with Gasteiger partial charge in [0.15, 0.2) is 5.95 Å². The number of aromatic nitrogens is 5. The molecular formula is C18H23ClN6. The van der Waals surface area contributed by atoms with E-state index in [1.807, 2.05) is 29.1 Å². The third kappa shape index (κ3) is 5.76. The fourth-order valence-corrected chi connectivity index (χ4v) is 2.63. The van der Waals surface area contributed by atoms with E-state index in [1.165, 1.54) is 11.1 Å². The van der Waals surface area contributed by atoms with E-state index in [0.29, 0.717) is 5.95 Å². The zero-order valence-electron chi connectivity index (χ0n) is 14.2. The molecule has 2 heterocycles. The van der Waals surface area contributed by atoms with Gasteiger partial charge in [-0.2, -0.15) is 0 Å². The number of H-pyrrole nitrogens is 1. The van der Waals surface area contributed by atoms with Crippen molar-refractivity contribution in [3.63, 3.8) is 0 Å². The summed E-state index contributed by atoms with van der Waals surface area (Å²) in [5, 5.41) is 8.46. The van der Waals surface area contributed by atoms with Crippen LogP contribution >= 0.6 is 12.4 Å². The van der Waals surface area contributed by atoms with E-state index in [0.717, 1.165) is 37.2 Å². The molecule has 0 aliphatic rings. The molecule has 0 fully saturated rings. The van der Waals surface area contributed by atoms with E-state index in [2.05, 4.69) is 45.4 Å². The maximum atomic E-state index is 5.57. The van der Waals surface area contributed by atoms with Crippen LogP contribution in [0.4, 0.5) is 5.95 Å². The van der Waals surface area contributed by atoms with Crippen LogP contribution in [-0.2, 0) is 19.4 Å². The largest absolute Gasteiger partial charge is 0.369 e. The van der Waals surface area contributed by atoms with E-state index in [-0.39, 0.29) is 12.4 Å². The summed E-state index contributed by atoms with van der Waals surface area (Å²) in [7, 11) is 0.